The molecule has 18 heavy (non-hydrogen) atoms. The molecule has 0 spiro atoms. The topological polar surface area (TPSA) is 50.9 Å². The molecule has 0 amide bonds. The third-order valence-electron chi connectivity index (χ3n) is 3.38. The van der Waals surface area contributed by atoms with E-state index in [1.165, 1.54) is 0 Å². The van der Waals surface area contributed by atoms with Crippen molar-refractivity contribution < 1.29 is 5.11 Å². The van der Waals surface area contributed by atoms with Gasteiger partial charge in [0, 0.05) is 16.5 Å². The molecule has 0 radical (unpaired) electrons. The minimum atomic E-state index is 0.113. The Morgan fingerprint density at radius 1 is 1.28 bits per heavy atom. The number of hydrogen-bond acceptors (Lipinski definition) is 3. The Labute approximate surface area is 114 Å². The number of aromatic nitrogens is 3. The molecule has 0 fully saturated rings. The fraction of sp³-hybridized carbons (Fsp3) is 0.385. The van der Waals surface area contributed by atoms with Gasteiger partial charge in [-0.15, -0.1) is 10.2 Å². The molecule has 1 atom stereocenters. The predicted octanol–water partition coefficient (Wildman–Crippen LogP) is 2.58. The standard InChI is InChI=1S/C13H14BrN3O/c14-10-6-4-9(5-7-10)13-16-15-12-3-1-2-11(8-18)17(12)13/h4-7,11,18H,1-3,8H2. The van der Waals surface area contributed by atoms with Gasteiger partial charge in [0.25, 0.3) is 0 Å². The molecule has 5 heteroatoms. The number of nitrogens with zero attached hydrogens (tertiary/aromatic N) is 3. The first-order valence-electron chi connectivity index (χ1n) is 6.10. The molecule has 94 valence electrons. The summed E-state index contributed by atoms with van der Waals surface area (Å²) in [5.41, 5.74) is 1.04. The van der Waals surface area contributed by atoms with E-state index in [1.807, 2.05) is 24.3 Å². The van der Waals surface area contributed by atoms with Gasteiger partial charge in [-0.2, -0.15) is 0 Å². The quantitative estimate of drug-likeness (QED) is 0.928. The summed E-state index contributed by atoms with van der Waals surface area (Å²) in [5, 5.41) is 18.0. The van der Waals surface area contributed by atoms with E-state index in [9.17, 15) is 5.11 Å². The molecular formula is C13H14BrN3O. The normalized spacial score (nSPS) is 18.7. The first kappa shape index (κ1) is 11.9. The molecule has 4 nitrogen and oxygen atoms in total. The summed E-state index contributed by atoms with van der Waals surface area (Å²) in [4.78, 5) is 0. The Morgan fingerprint density at radius 3 is 2.78 bits per heavy atom. The summed E-state index contributed by atoms with van der Waals surface area (Å²) in [6.45, 7) is 0.147. The van der Waals surface area contributed by atoms with Crippen LogP contribution in [0.5, 0.6) is 0 Å². The van der Waals surface area contributed by atoms with E-state index in [2.05, 4.69) is 30.7 Å². The number of halogens is 1. The minimum Gasteiger partial charge on any atom is -0.394 e. The molecule has 0 saturated carbocycles. The lowest BCUT2D eigenvalue weighted by molar-refractivity contribution is 0.207. The lowest BCUT2D eigenvalue weighted by Crippen LogP contribution is -2.21. The summed E-state index contributed by atoms with van der Waals surface area (Å²) in [6.07, 6.45) is 3.01. The molecule has 1 aromatic carbocycles. The van der Waals surface area contributed by atoms with Crippen LogP contribution in [-0.2, 0) is 6.42 Å². The molecular weight excluding hydrogens is 294 g/mol. The van der Waals surface area contributed by atoms with Crippen LogP contribution in [0.3, 0.4) is 0 Å². The summed E-state index contributed by atoms with van der Waals surface area (Å²) in [5.74, 6) is 1.84. The second kappa shape index (κ2) is 4.82. The maximum atomic E-state index is 9.49. The highest BCUT2D eigenvalue weighted by Crippen LogP contribution is 2.30. The minimum absolute atomic E-state index is 0.113. The van der Waals surface area contributed by atoms with Crippen LogP contribution >= 0.6 is 15.9 Å². The van der Waals surface area contributed by atoms with Crippen molar-refractivity contribution in [2.24, 2.45) is 0 Å². The van der Waals surface area contributed by atoms with Crippen LogP contribution in [0.2, 0.25) is 0 Å². The molecule has 1 aliphatic heterocycles. The van der Waals surface area contributed by atoms with Gasteiger partial charge in [0.2, 0.25) is 0 Å². The number of aliphatic hydroxyl groups excluding tert-OH is 1. The van der Waals surface area contributed by atoms with E-state index < -0.39 is 0 Å². The number of aliphatic hydroxyl groups is 1. The molecule has 1 unspecified atom stereocenters. The maximum Gasteiger partial charge on any atom is 0.164 e. The summed E-state index contributed by atoms with van der Waals surface area (Å²) in [7, 11) is 0. The van der Waals surface area contributed by atoms with Gasteiger partial charge in [-0.05, 0) is 25.0 Å². The van der Waals surface area contributed by atoms with Crippen molar-refractivity contribution in [3.05, 3.63) is 34.6 Å². The Kier molecular flexibility index (Phi) is 3.18. The van der Waals surface area contributed by atoms with Crippen LogP contribution in [0.4, 0.5) is 0 Å². The fourth-order valence-electron chi connectivity index (χ4n) is 2.47. The van der Waals surface area contributed by atoms with Crippen molar-refractivity contribution in [1.29, 1.82) is 0 Å². The van der Waals surface area contributed by atoms with Gasteiger partial charge in [-0.1, -0.05) is 28.1 Å². The van der Waals surface area contributed by atoms with Crippen molar-refractivity contribution in [3.8, 4) is 11.4 Å². The molecule has 1 aliphatic rings. The van der Waals surface area contributed by atoms with E-state index in [0.717, 1.165) is 40.9 Å². The highest BCUT2D eigenvalue weighted by molar-refractivity contribution is 9.10. The van der Waals surface area contributed by atoms with Crippen LogP contribution in [0, 0.1) is 0 Å². The van der Waals surface area contributed by atoms with Gasteiger partial charge in [-0.25, -0.2) is 0 Å². The van der Waals surface area contributed by atoms with Crippen molar-refractivity contribution in [2.75, 3.05) is 6.61 Å². The average molecular weight is 308 g/mol. The zero-order valence-corrected chi connectivity index (χ0v) is 11.5. The van der Waals surface area contributed by atoms with Crippen LogP contribution in [-0.4, -0.2) is 26.5 Å². The van der Waals surface area contributed by atoms with Crippen molar-refractivity contribution in [3.63, 3.8) is 0 Å². The third-order valence-corrected chi connectivity index (χ3v) is 3.91. The first-order chi connectivity index (χ1) is 8.79. The summed E-state index contributed by atoms with van der Waals surface area (Å²) >= 11 is 3.43. The maximum absolute atomic E-state index is 9.49. The second-order valence-electron chi connectivity index (χ2n) is 4.55. The van der Waals surface area contributed by atoms with Crippen LogP contribution < -0.4 is 0 Å². The molecule has 0 bridgehead atoms. The molecule has 1 aromatic heterocycles. The third kappa shape index (κ3) is 1.97. The SMILES string of the molecule is OCC1CCCc2nnc(-c3ccc(Br)cc3)n21. The van der Waals surface area contributed by atoms with Crippen LogP contribution in [0.25, 0.3) is 11.4 Å². The Bertz CT molecular complexity index is 550. The van der Waals surface area contributed by atoms with Crippen molar-refractivity contribution >= 4 is 15.9 Å². The van der Waals surface area contributed by atoms with Gasteiger partial charge in [0.15, 0.2) is 5.82 Å². The highest BCUT2D eigenvalue weighted by atomic mass is 79.9. The number of aryl methyl sites for hydroxylation is 1. The molecule has 3 rings (SSSR count). The number of fused-ring (bicyclic) bond motifs is 1. The Morgan fingerprint density at radius 2 is 2.06 bits per heavy atom. The van der Waals surface area contributed by atoms with Gasteiger partial charge >= 0.3 is 0 Å². The molecule has 2 aromatic rings. The van der Waals surface area contributed by atoms with Gasteiger partial charge in [0.1, 0.15) is 5.82 Å². The zero-order chi connectivity index (χ0) is 12.5. The Hall–Kier alpha value is -1.20. The molecule has 1 N–H and O–H groups in total. The van der Waals surface area contributed by atoms with Gasteiger partial charge in [0.05, 0.1) is 12.6 Å². The number of benzene rings is 1. The largest absolute Gasteiger partial charge is 0.394 e. The lowest BCUT2D eigenvalue weighted by Gasteiger charge is -2.24. The van der Waals surface area contributed by atoms with E-state index in [-0.39, 0.29) is 12.6 Å². The van der Waals surface area contributed by atoms with Crippen molar-refractivity contribution in [2.45, 2.75) is 25.3 Å². The van der Waals surface area contributed by atoms with E-state index >= 15 is 0 Å². The highest BCUT2D eigenvalue weighted by Gasteiger charge is 2.24. The number of hydrogen-bond donors (Lipinski definition) is 1. The Balaban J connectivity index is 2.08. The summed E-state index contributed by atoms with van der Waals surface area (Å²) in [6, 6.07) is 8.14. The molecule has 0 saturated heterocycles. The monoisotopic (exact) mass is 307 g/mol. The van der Waals surface area contributed by atoms with E-state index in [1.54, 1.807) is 0 Å². The van der Waals surface area contributed by atoms with E-state index in [4.69, 9.17) is 0 Å². The van der Waals surface area contributed by atoms with Crippen LogP contribution in [0.1, 0.15) is 24.7 Å². The smallest absolute Gasteiger partial charge is 0.164 e. The zero-order valence-electron chi connectivity index (χ0n) is 9.88. The average Bonchev–Trinajstić information content (AvgIpc) is 2.83. The lowest BCUT2D eigenvalue weighted by atomic mass is 10.0. The molecule has 2 heterocycles. The fourth-order valence-corrected chi connectivity index (χ4v) is 2.74. The van der Waals surface area contributed by atoms with Gasteiger partial charge in [-0.3, -0.25) is 0 Å². The van der Waals surface area contributed by atoms with Crippen LogP contribution in [0.15, 0.2) is 28.7 Å². The first-order valence-corrected chi connectivity index (χ1v) is 6.89. The van der Waals surface area contributed by atoms with Gasteiger partial charge < -0.3 is 9.67 Å². The van der Waals surface area contributed by atoms with E-state index in [0.29, 0.717) is 0 Å². The molecule has 0 aliphatic carbocycles. The predicted molar refractivity (Wildman–Crippen MR) is 72.2 cm³/mol. The number of rotatable bonds is 2. The summed E-state index contributed by atoms with van der Waals surface area (Å²) < 4.78 is 3.13. The van der Waals surface area contributed by atoms with Crippen molar-refractivity contribution in [1.82, 2.24) is 14.8 Å². The second-order valence-corrected chi connectivity index (χ2v) is 5.46.